The monoisotopic (exact) mass is 407 g/mol. The van der Waals surface area contributed by atoms with Crippen LogP contribution >= 0.6 is 27.5 Å². The van der Waals surface area contributed by atoms with Crippen LogP contribution in [-0.2, 0) is 10.0 Å². The summed E-state index contributed by atoms with van der Waals surface area (Å²) in [6, 6.07) is 6.90. The van der Waals surface area contributed by atoms with Crippen molar-refractivity contribution in [2.75, 3.05) is 4.72 Å². The summed E-state index contributed by atoms with van der Waals surface area (Å²) in [6.07, 6.45) is 0. The fourth-order valence-electron chi connectivity index (χ4n) is 1.62. The topological polar surface area (TPSA) is 83.5 Å². The third-order valence-corrected chi connectivity index (χ3v) is 5.22. The molecule has 0 amide bonds. The molecule has 0 saturated heterocycles. The number of anilines is 1. The molecule has 0 aliphatic heterocycles. The number of rotatable bonds is 4. The molecule has 116 valence electrons. The molecule has 0 radical (unpaired) electrons. The van der Waals surface area contributed by atoms with Gasteiger partial charge < -0.3 is 5.11 Å². The molecule has 2 aromatic carbocycles. The van der Waals surface area contributed by atoms with Gasteiger partial charge in [-0.05, 0) is 52.3 Å². The van der Waals surface area contributed by atoms with E-state index in [1.54, 1.807) is 0 Å². The van der Waals surface area contributed by atoms with Crippen LogP contribution in [0.4, 0.5) is 10.1 Å². The first-order valence-corrected chi connectivity index (χ1v) is 8.37. The summed E-state index contributed by atoms with van der Waals surface area (Å²) in [5.74, 6) is -2.02. The molecular weight excluding hydrogens is 401 g/mol. The highest BCUT2D eigenvalue weighted by molar-refractivity contribution is 9.10. The molecule has 5 nitrogen and oxygen atoms in total. The van der Waals surface area contributed by atoms with Crippen LogP contribution in [0.5, 0.6) is 0 Å². The van der Waals surface area contributed by atoms with E-state index < -0.39 is 21.8 Å². The van der Waals surface area contributed by atoms with Crippen molar-refractivity contribution < 1.29 is 22.7 Å². The fourth-order valence-corrected chi connectivity index (χ4v) is 3.93. The maximum atomic E-state index is 13.7. The molecule has 0 atom stereocenters. The smallest absolute Gasteiger partial charge is 0.335 e. The Morgan fingerprint density at radius 1 is 1.23 bits per heavy atom. The highest BCUT2D eigenvalue weighted by atomic mass is 79.9. The van der Waals surface area contributed by atoms with E-state index in [0.717, 1.165) is 24.3 Å². The van der Waals surface area contributed by atoms with Crippen molar-refractivity contribution in [2.45, 2.75) is 4.90 Å². The van der Waals surface area contributed by atoms with E-state index >= 15 is 0 Å². The van der Waals surface area contributed by atoms with Gasteiger partial charge in [0.1, 0.15) is 10.7 Å². The Morgan fingerprint density at radius 2 is 1.91 bits per heavy atom. The first kappa shape index (κ1) is 16.7. The first-order valence-electron chi connectivity index (χ1n) is 5.71. The number of hydrogen-bond acceptors (Lipinski definition) is 3. The average Bonchev–Trinajstić information content (AvgIpc) is 2.41. The molecule has 0 fully saturated rings. The minimum absolute atomic E-state index is 0.0503. The number of benzene rings is 2. The van der Waals surface area contributed by atoms with Gasteiger partial charge in [0.25, 0.3) is 10.0 Å². The Morgan fingerprint density at radius 3 is 2.45 bits per heavy atom. The molecule has 0 aromatic heterocycles. The summed E-state index contributed by atoms with van der Waals surface area (Å²) in [6.45, 7) is 0. The predicted molar refractivity (Wildman–Crippen MR) is 83.3 cm³/mol. The largest absolute Gasteiger partial charge is 0.478 e. The lowest BCUT2D eigenvalue weighted by Gasteiger charge is -2.11. The second-order valence-electron chi connectivity index (χ2n) is 4.18. The van der Waals surface area contributed by atoms with Crippen LogP contribution in [-0.4, -0.2) is 19.5 Å². The Balaban J connectivity index is 2.40. The molecule has 2 aromatic rings. The third kappa shape index (κ3) is 3.57. The number of carbonyl (C=O) groups is 1. The normalized spacial score (nSPS) is 11.2. The molecule has 2 rings (SSSR count). The van der Waals surface area contributed by atoms with Gasteiger partial charge in [0, 0.05) is 9.50 Å². The molecule has 0 saturated carbocycles. The number of carboxylic acid groups (broad SMARTS) is 1. The summed E-state index contributed by atoms with van der Waals surface area (Å²) in [7, 11) is -4.09. The summed E-state index contributed by atoms with van der Waals surface area (Å²) in [5.41, 5.74) is -0.345. The standard InChI is InChI=1S/C13H8BrClFNO4S/c14-9-5-7(13(18)19)1-4-12(9)22(20,21)17-11-3-2-8(15)6-10(11)16/h1-6,17H,(H,18,19). The molecule has 2 N–H and O–H groups in total. The molecule has 0 unspecified atom stereocenters. The summed E-state index contributed by atoms with van der Waals surface area (Å²) < 4.78 is 40.3. The molecule has 22 heavy (non-hydrogen) atoms. The SMILES string of the molecule is O=C(O)c1ccc(S(=O)(=O)Nc2ccc(Cl)cc2F)c(Br)c1. The Bertz CT molecular complexity index is 857. The first-order chi connectivity index (χ1) is 10.2. The van der Waals surface area contributed by atoms with E-state index in [4.69, 9.17) is 16.7 Å². The maximum absolute atomic E-state index is 13.7. The van der Waals surface area contributed by atoms with Crippen molar-refractivity contribution in [3.05, 3.63) is 57.3 Å². The van der Waals surface area contributed by atoms with Crippen LogP contribution in [0.25, 0.3) is 0 Å². The Hall–Kier alpha value is -1.64. The van der Waals surface area contributed by atoms with Crippen LogP contribution < -0.4 is 4.72 Å². The van der Waals surface area contributed by atoms with Gasteiger partial charge in [0.2, 0.25) is 0 Å². The van der Waals surface area contributed by atoms with Crippen LogP contribution in [0.15, 0.2) is 45.8 Å². The van der Waals surface area contributed by atoms with Gasteiger partial charge in [-0.25, -0.2) is 17.6 Å². The molecule has 0 aliphatic carbocycles. The predicted octanol–water partition coefficient (Wildman–Crippen LogP) is 3.74. The minimum atomic E-state index is -4.09. The van der Waals surface area contributed by atoms with E-state index in [2.05, 4.69) is 20.7 Å². The molecule has 0 spiro atoms. The second-order valence-corrected chi connectivity index (χ2v) is 7.12. The molecule has 0 heterocycles. The lowest BCUT2D eigenvalue weighted by atomic mass is 10.2. The van der Waals surface area contributed by atoms with E-state index in [1.165, 1.54) is 12.1 Å². The van der Waals surface area contributed by atoms with Crippen LogP contribution in [0, 0.1) is 5.82 Å². The van der Waals surface area contributed by atoms with E-state index in [-0.39, 0.29) is 25.6 Å². The summed E-state index contributed by atoms with van der Waals surface area (Å²) in [5, 5.41) is 8.98. The summed E-state index contributed by atoms with van der Waals surface area (Å²) >= 11 is 8.59. The fraction of sp³-hybridized carbons (Fsp3) is 0. The highest BCUT2D eigenvalue weighted by Gasteiger charge is 2.20. The van der Waals surface area contributed by atoms with Crippen molar-refractivity contribution in [1.29, 1.82) is 0 Å². The van der Waals surface area contributed by atoms with Crippen molar-refractivity contribution >= 4 is 49.2 Å². The van der Waals surface area contributed by atoms with Gasteiger partial charge in [-0.15, -0.1) is 0 Å². The summed E-state index contributed by atoms with van der Waals surface area (Å²) in [4.78, 5) is 10.6. The Labute approximate surface area is 138 Å². The Kier molecular flexibility index (Phi) is 4.74. The number of hydrogen-bond donors (Lipinski definition) is 2. The minimum Gasteiger partial charge on any atom is -0.478 e. The van der Waals surface area contributed by atoms with Gasteiger partial charge in [0.15, 0.2) is 0 Å². The van der Waals surface area contributed by atoms with E-state index in [9.17, 15) is 17.6 Å². The molecular formula is C13H8BrClFNO4S. The highest BCUT2D eigenvalue weighted by Crippen LogP contribution is 2.27. The molecule has 0 aliphatic rings. The van der Waals surface area contributed by atoms with Gasteiger partial charge >= 0.3 is 5.97 Å². The van der Waals surface area contributed by atoms with Crippen molar-refractivity contribution in [1.82, 2.24) is 0 Å². The van der Waals surface area contributed by atoms with Crippen molar-refractivity contribution in [2.24, 2.45) is 0 Å². The number of sulfonamides is 1. The van der Waals surface area contributed by atoms with E-state index in [0.29, 0.717) is 0 Å². The van der Waals surface area contributed by atoms with Crippen LogP contribution in [0.1, 0.15) is 10.4 Å². The van der Waals surface area contributed by atoms with Gasteiger partial charge in [-0.3, -0.25) is 4.72 Å². The van der Waals surface area contributed by atoms with E-state index in [1.807, 2.05) is 0 Å². The van der Waals surface area contributed by atoms with Crippen LogP contribution in [0.3, 0.4) is 0 Å². The van der Waals surface area contributed by atoms with Crippen LogP contribution in [0.2, 0.25) is 5.02 Å². The lowest BCUT2D eigenvalue weighted by molar-refractivity contribution is 0.0696. The number of halogens is 3. The zero-order valence-electron chi connectivity index (χ0n) is 10.7. The molecule has 0 bridgehead atoms. The van der Waals surface area contributed by atoms with Gasteiger partial charge in [-0.1, -0.05) is 11.6 Å². The van der Waals surface area contributed by atoms with Gasteiger partial charge in [0.05, 0.1) is 11.3 Å². The van der Waals surface area contributed by atoms with Crippen molar-refractivity contribution in [3.8, 4) is 0 Å². The van der Waals surface area contributed by atoms with Crippen molar-refractivity contribution in [3.63, 3.8) is 0 Å². The average molecular weight is 409 g/mol. The number of nitrogens with one attached hydrogen (secondary N) is 1. The zero-order chi connectivity index (χ0) is 16.5. The zero-order valence-corrected chi connectivity index (χ0v) is 13.8. The number of aromatic carboxylic acids is 1. The maximum Gasteiger partial charge on any atom is 0.335 e. The van der Waals surface area contributed by atoms with Gasteiger partial charge in [-0.2, -0.15) is 0 Å². The molecule has 9 heteroatoms. The quantitative estimate of drug-likeness (QED) is 0.807. The second kappa shape index (κ2) is 6.23. The lowest BCUT2D eigenvalue weighted by Crippen LogP contribution is -2.15. The number of carboxylic acids is 1. The third-order valence-electron chi connectivity index (χ3n) is 2.64.